The van der Waals surface area contributed by atoms with E-state index in [0.717, 1.165) is 31.2 Å². The molecule has 0 amide bonds. The van der Waals surface area contributed by atoms with Crippen molar-refractivity contribution in [3.63, 3.8) is 0 Å². The fourth-order valence-corrected chi connectivity index (χ4v) is 4.63. The molecule has 0 aliphatic heterocycles. The van der Waals surface area contributed by atoms with Crippen LogP contribution in [-0.2, 0) is 15.5 Å². The molecule has 120 valence electrons. The molecule has 1 aliphatic carbocycles. The molecule has 0 spiro atoms. The van der Waals surface area contributed by atoms with Crippen LogP contribution in [0.15, 0.2) is 42.0 Å². The lowest BCUT2D eigenvalue weighted by molar-refractivity contribution is -0.132. The molecule has 1 aromatic carbocycles. The second-order valence-corrected chi connectivity index (χ2v) is 8.37. The number of aliphatic carboxylic acids is 1. The van der Waals surface area contributed by atoms with Crippen LogP contribution < -0.4 is 0 Å². The number of benzene rings is 1. The van der Waals surface area contributed by atoms with Crippen LogP contribution in [-0.4, -0.2) is 22.1 Å². The van der Waals surface area contributed by atoms with Crippen LogP contribution in [0.1, 0.15) is 37.7 Å². The SMILES string of the molecule is O=C(O)/C(=C/C1CCCCC1)CP(=O)(O)Cc1ccccc1. The highest BCUT2D eigenvalue weighted by Gasteiger charge is 2.25. The standard InChI is InChI=1S/C17H23O4P/c18-17(19)16(11-14-7-3-1-4-8-14)13-22(20,21)12-15-9-5-2-6-10-15/h2,5-6,9-11,14H,1,3-4,7-8,12-13H2,(H,18,19)(H,20,21)/b16-11+. The summed E-state index contributed by atoms with van der Waals surface area (Å²) >= 11 is 0. The molecule has 2 N–H and O–H groups in total. The topological polar surface area (TPSA) is 74.6 Å². The molecule has 1 aromatic rings. The second kappa shape index (κ2) is 7.75. The maximum absolute atomic E-state index is 12.4. The summed E-state index contributed by atoms with van der Waals surface area (Å²) in [4.78, 5) is 21.6. The van der Waals surface area contributed by atoms with Gasteiger partial charge in [0.15, 0.2) is 0 Å². The molecule has 4 nitrogen and oxygen atoms in total. The predicted octanol–water partition coefficient (Wildman–Crippen LogP) is 4.05. The summed E-state index contributed by atoms with van der Waals surface area (Å²) in [7, 11) is -3.54. The zero-order chi connectivity index (χ0) is 16.0. The maximum Gasteiger partial charge on any atom is 0.331 e. The molecule has 0 radical (unpaired) electrons. The first-order valence-corrected chi connectivity index (χ1v) is 9.78. The Labute approximate surface area is 131 Å². The summed E-state index contributed by atoms with van der Waals surface area (Å²) < 4.78 is 12.4. The fourth-order valence-electron chi connectivity index (χ4n) is 2.97. The minimum atomic E-state index is -3.54. The molecule has 5 heteroatoms. The molecule has 0 saturated heterocycles. The third kappa shape index (κ3) is 5.43. The van der Waals surface area contributed by atoms with Crippen LogP contribution in [0.3, 0.4) is 0 Å². The van der Waals surface area contributed by atoms with E-state index in [2.05, 4.69) is 0 Å². The van der Waals surface area contributed by atoms with Gasteiger partial charge >= 0.3 is 5.97 Å². The van der Waals surface area contributed by atoms with Gasteiger partial charge < -0.3 is 10.00 Å². The Kier molecular flexibility index (Phi) is 5.98. The second-order valence-electron chi connectivity index (χ2n) is 6.04. The number of carboxylic acids is 1. The van der Waals surface area contributed by atoms with E-state index in [0.29, 0.717) is 0 Å². The minimum absolute atomic E-state index is 0.0170. The van der Waals surface area contributed by atoms with Crippen LogP contribution in [0.4, 0.5) is 0 Å². The van der Waals surface area contributed by atoms with Gasteiger partial charge in [-0.25, -0.2) is 4.79 Å². The third-order valence-corrected chi connectivity index (χ3v) is 5.75. The minimum Gasteiger partial charge on any atom is -0.478 e. The van der Waals surface area contributed by atoms with Gasteiger partial charge in [0.2, 0.25) is 7.37 Å². The van der Waals surface area contributed by atoms with Gasteiger partial charge in [0.05, 0.1) is 6.16 Å². The lowest BCUT2D eigenvalue weighted by Gasteiger charge is -2.20. The molecule has 1 fully saturated rings. The Hall–Kier alpha value is -1.38. The van der Waals surface area contributed by atoms with E-state index in [1.54, 1.807) is 18.2 Å². The highest BCUT2D eigenvalue weighted by Crippen LogP contribution is 2.46. The van der Waals surface area contributed by atoms with Crippen molar-refractivity contribution < 1.29 is 19.4 Å². The summed E-state index contributed by atoms with van der Waals surface area (Å²) in [6.45, 7) is 0. The number of carboxylic acid groups (broad SMARTS) is 1. The van der Waals surface area contributed by atoms with E-state index in [1.807, 2.05) is 18.2 Å². The normalized spacial score (nSPS) is 19.6. The van der Waals surface area contributed by atoms with Crippen molar-refractivity contribution in [2.45, 2.75) is 38.3 Å². The Morgan fingerprint density at radius 3 is 2.41 bits per heavy atom. The molecule has 1 unspecified atom stereocenters. The quantitative estimate of drug-likeness (QED) is 0.612. The van der Waals surface area contributed by atoms with Gasteiger partial charge in [-0.15, -0.1) is 0 Å². The smallest absolute Gasteiger partial charge is 0.331 e. The van der Waals surface area contributed by atoms with Crippen LogP contribution in [0.2, 0.25) is 0 Å². The summed E-state index contributed by atoms with van der Waals surface area (Å²) in [5, 5.41) is 9.33. The Morgan fingerprint density at radius 1 is 1.18 bits per heavy atom. The lowest BCUT2D eigenvalue weighted by atomic mass is 9.88. The zero-order valence-corrected chi connectivity index (χ0v) is 13.5. The van der Waals surface area contributed by atoms with Gasteiger partial charge in [0, 0.05) is 11.7 Å². The Bertz CT molecular complexity index is 574. The van der Waals surface area contributed by atoms with Gasteiger partial charge in [0.1, 0.15) is 0 Å². The first kappa shape index (κ1) is 17.0. The van der Waals surface area contributed by atoms with Crippen molar-refractivity contribution in [1.82, 2.24) is 0 Å². The Morgan fingerprint density at radius 2 is 1.82 bits per heavy atom. The summed E-state index contributed by atoms with van der Waals surface area (Å²) in [5.41, 5.74) is 0.851. The van der Waals surface area contributed by atoms with E-state index < -0.39 is 13.3 Å². The van der Waals surface area contributed by atoms with Crippen molar-refractivity contribution in [2.24, 2.45) is 5.92 Å². The van der Waals surface area contributed by atoms with E-state index in [4.69, 9.17) is 0 Å². The number of rotatable bonds is 6. The van der Waals surface area contributed by atoms with E-state index >= 15 is 0 Å². The average Bonchev–Trinajstić information content (AvgIpc) is 2.48. The molecule has 1 aliphatic rings. The Balaban J connectivity index is 2.07. The van der Waals surface area contributed by atoms with Crippen molar-refractivity contribution >= 4 is 13.3 Å². The van der Waals surface area contributed by atoms with Crippen molar-refractivity contribution in [3.8, 4) is 0 Å². The average molecular weight is 322 g/mol. The first-order valence-electron chi connectivity index (χ1n) is 7.75. The van der Waals surface area contributed by atoms with E-state index in [1.165, 1.54) is 6.42 Å². The number of hydrogen-bond donors (Lipinski definition) is 2. The van der Waals surface area contributed by atoms with E-state index in [-0.39, 0.29) is 23.8 Å². The lowest BCUT2D eigenvalue weighted by Crippen LogP contribution is -2.11. The number of carbonyl (C=O) groups is 1. The van der Waals surface area contributed by atoms with Crippen molar-refractivity contribution in [2.75, 3.05) is 6.16 Å². The molecule has 0 bridgehead atoms. The van der Waals surface area contributed by atoms with E-state index in [9.17, 15) is 19.4 Å². The number of allylic oxidation sites excluding steroid dienone is 1. The molecule has 2 rings (SSSR count). The van der Waals surface area contributed by atoms with Crippen molar-refractivity contribution in [1.29, 1.82) is 0 Å². The summed E-state index contributed by atoms with van der Waals surface area (Å²) in [6.07, 6.45) is 6.84. The van der Waals surface area contributed by atoms with Gasteiger partial charge in [-0.05, 0) is 24.3 Å². The van der Waals surface area contributed by atoms with Crippen LogP contribution in [0.25, 0.3) is 0 Å². The van der Waals surface area contributed by atoms with Gasteiger partial charge in [-0.1, -0.05) is 55.7 Å². The molecule has 0 heterocycles. The largest absolute Gasteiger partial charge is 0.478 e. The monoisotopic (exact) mass is 322 g/mol. The van der Waals surface area contributed by atoms with Crippen LogP contribution >= 0.6 is 7.37 Å². The molecule has 1 atom stereocenters. The molecule has 0 aromatic heterocycles. The number of hydrogen-bond acceptors (Lipinski definition) is 2. The summed E-state index contributed by atoms with van der Waals surface area (Å²) in [5.74, 6) is -0.843. The molecule has 1 saturated carbocycles. The van der Waals surface area contributed by atoms with Gasteiger partial charge in [-0.3, -0.25) is 4.57 Å². The third-order valence-electron chi connectivity index (χ3n) is 4.05. The maximum atomic E-state index is 12.4. The molecular weight excluding hydrogens is 299 g/mol. The van der Waals surface area contributed by atoms with Crippen LogP contribution in [0, 0.1) is 5.92 Å². The highest BCUT2D eigenvalue weighted by molar-refractivity contribution is 7.57. The van der Waals surface area contributed by atoms with Crippen molar-refractivity contribution in [3.05, 3.63) is 47.5 Å². The zero-order valence-electron chi connectivity index (χ0n) is 12.6. The first-order chi connectivity index (χ1) is 10.5. The fraction of sp³-hybridized carbons (Fsp3) is 0.471. The van der Waals surface area contributed by atoms with Gasteiger partial charge in [-0.2, -0.15) is 0 Å². The molecule has 22 heavy (non-hydrogen) atoms. The van der Waals surface area contributed by atoms with Crippen LogP contribution in [0.5, 0.6) is 0 Å². The predicted molar refractivity (Wildman–Crippen MR) is 87.1 cm³/mol. The summed E-state index contributed by atoms with van der Waals surface area (Å²) in [6, 6.07) is 9.04. The van der Waals surface area contributed by atoms with Gasteiger partial charge in [0.25, 0.3) is 0 Å². The highest BCUT2D eigenvalue weighted by atomic mass is 31.2. The molecular formula is C17H23O4P.